The number of aromatic nitrogens is 3. The van der Waals surface area contributed by atoms with Gasteiger partial charge in [-0.3, -0.25) is 4.57 Å². The smallest absolute Gasteiger partial charge is 0.235 e. The van der Waals surface area contributed by atoms with Crippen LogP contribution in [0.25, 0.3) is 114 Å². The average molecular weight is 744 g/mol. The standard InChI is InChI=1S/C53H33N3S/c1-53(2)41-24-12-9-17-33(41)34-28-27-30(29-42(34)53)48-47-35-18-5-3-15-31(35)32-16-4-8-21-38(32)49(47)55-52(54-48)56-43-25-13-10-22-39(43)45-36-19-6-7-20-37(36)46-40-23-11-14-26-44(40)57-51(46)50(45)56/h3-29H,1-2H3. The molecule has 0 aliphatic heterocycles. The van der Waals surface area contributed by atoms with E-state index in [0.717, 1.165) is 44.0 Å². The molecule has 3 heterocycles. The van der Waals surface area contributed by atoms with E-state index in [1.165, 1.54) is 74.7 Å². The Morgan fingerprint density at radius 2 is 1.05 bits per heavy atom. The molecule has 4 heteroatoms. The van der Waals surface area contributed by atoms with Crippen LogP contribution in [0.15, 0.2) is 164 Å². The summed E-state index contributed by atoms with van der Waals surface area (Å²) in [5.41, 5.74) is 10.4. The Morgan fingerprint density at radius 1 is 0.474 bits per heavy atom. The van der Waals surface area contributed by atoms with Gasteiger partial charge in [0.15, 0.2) is 0 Å². The zero-order valence-electron chi connectivity index (χ0n) is 31.3. The predicted octanol–water partition coefficient (Wildman–Crippen LogP) is 14.5. The highest BCUT2D eigenvalue weighted by Gasteiger charge is 2.35. The number of rotatable bonds is 2. The third kappa shape index (κ3) is 4.05. The van der Waals surface area contributed by atoms with E-state index in [9.17, 15) is 0 Å². The Bertz CT molecular complexity index is 3730. The first-order valence-corrected chi connectivity index (χ1v) is 20.5. The zero-order chi connectivity index (χ0) is 37.6. The number of hydrogen-bond acceptors (Lipinski definition) is 3. The van der Waals surface area contributed by atoms with Crippen LogP contribution in [0.2, 0.25) is 0 Å². The molecule has 0 bridgehead atoms. The van der Waals surface area contributed by atoms with Crippen LogP contribution in [0.4, 0.5) is 0 Å². The summed E-state index contributed by atoms with van der Waals surface area (Å²) in [5.74, 6) is 0.682. The van der Waals surface area contributed by atoms with Crippen molar-refractivity contribution in [2.75, 3.05) is 0 Å². The van der Waals surface area contributed by atoms with E-state index in [4.69, 9.17) is 9.97 Å². The summed E-state index contributed by atoms with van der Waals surface area (Å²) in [6.45, 7) is 4.71. The van der Waals surface area contributed by atoms with Crippen molar-refractivity contribution in [3.05, 3.63) is 175 Å². The maximum Gasteiger partial charge on any atom is 0.235 e. The molecule has 3 aromatic heterocycles. The summed E-state index contributed by atoms with van der Waals surface area (Å²) in [6, 6.07) is 60.0. The highest BCUT2D eigenvalue weighted by atomic mass is 32.1. The van der Waals surface area contributed by atoms with E-state index in [-0.39, 0.29) is 5.41 Å². The number of fused-ring (bicyclic) bond motifs is 19. The molecule has 0 radical (unpaired) electrons. The molecule has 0 saturated carbocycles. The van der Waals surface area contributed by atoms with Gasteiger partial charge in [0.25, 0.3) is 0 Å². The Kier molecular flexibility index (Phi) is 6.12. The molecule has 13 rings (SSSR count). The van der Waals surface area contributed by atoms with Gasteiger partial charge in [0, 0.05) is 48.0 Å². The summed E-state index contributed by atoms with van der Waals surface area (Å²) >= 11 is 1.87. The van der Waals surface area contributed by atoms with Crippen LogP contribution in [0.1, 0.15) is 25.0 Å². The van der Waals surface area contributed by atoms with Gasteiger partial charge in [0.2, 0.25) is 5.95 Å². The van der Waals surface area contributed by atoms with Crippen molar-refractivity contribution in [2.45, 2.75) is 19.3 Å². The maximum atomic E-state index is 5.79. The molecule has 0 N–H and O–H groups in total. The van der Waals surface area contributed by atoms with Crippen molar-refractivity contribution in [3.63, 3.8) is 0 Å². The van der Waals surface area contributed by atoms with E-state index < -0.39 is 0 Å². The Labute approximate surface area is 332 Å². The molecule has 0 spiro atoms. The number of para-hydroxylation sites is 1. The third-order valence-corrected chi connectivity index (χ3v) is 14.0. The Morgan fingerprint density at radius 3 is 1.84 bits per heavy atom. The van der Waals surface area contributed by atoms with E-state index in [1.54, 1.807) is 0 Å². The second-order valence-corrected chi connectivity index (χ2v) is 17.1. The molecule has 9 aromatic carbocycles. The molecule has 266 valence electrons. The molecular formula is C53H33N3S. The van der Waals surface area contributed by atoms with Gasteiger partial charge in [-0.2, -0.15) is 0 Å². The van der Waals surface area contributed by atoms with Crippen LogP contribution in [-0.2, 0) is 5.41 Å². The van der Waals surface area contributed by atoms with Gasteiger partial charge >= 0.3 is 0 Å². The van der Waals surface area contributed by atoms with Gasteiger partial charge in [0.05, 0.1) is 26.9 Å². The molecule has 0 atom stereocenters. The van der Waals surface area contributed by atoms with Crippen LogP contribution in [0.5, 0.6) is 0 Å². The van der Waals surface area contributed by atoms with E-state index >= 15 is 0 Å². The second kappa shape index (κ2) is 11.1. The first kappa shape index (κ1) is 31.3. The minimum atomic E-state index is -0.150. The molecule has 1 aliphatic carbocycles. The van der Waals surface area contributed by atoms with E-state index in [0.29, 0.717) is 5.95 Å². The van der Waals surface area contributed by atoms with Gasteiger partial charge in [0.1, 0.15) is 0 Å². The fraction of sp³-hybridized carbons (Fsp3) is 0.0566. The Hall–Kier alpha value is -6.88. The third-order valence-electron chi connectivity index (χ3n) is 12.8. The zero-order valence-corrected chi connectivity index (χ0v) is 32.2. The summed E-state index contributed by atoms with van der Waals surface area (Å²) in [4.78, 5) is 11.5. The topological polar surface area (TPSA) is 30.7 Å². The first-order chi connectivity index (χ1) is 28.1. The molecule has 1 aliphatic rings. The summed E-state index contributed by atoms with van der Waals surface area (Å²) in [6.07, 6.45) is 0. The lowest BCUT2D eigenvalue weighted by Gasteiger charge is -2.22. The van der Waals surface area contributed by atoms with Crippen molar-refractivity contribution in [2.24, 2.45) is 0 Å². The van der Waals surface area contributed by atoms with Crippen molar-refractivity contribution in [1.29, 1.82) is 0 Å². The number of nitrogens with zero attached hydrogens (tertiary/aromatic N) is 3. The van der Waals surface area contributed by atoms with Crippen molar-refractivity contribution < 1.29 is 0 Å². The largest absolute Gasteiger partial charge is 0.276 e. The van der Waals surface area contributed by atoms with Gasteiger partial charge in [-0.1, -0.05) is 159 Å². The molecule has 0 saturated heterocycles. The number of thiophene rings is 1. The van der Waals surface area contributed by atoms with Crippen LogP contribution in [-0.4, -0.2) is 14.5 Å². The molecule has 0 unspecified atom stereocenters. The van der Waals surface area contributed by atoms with Crippen LogP contribution < -0.4 is 0 Å². The fourth-order valence-electron chi connectivity index (χ4n) is 10.3. The SMILES string of the molecule is CC1(C)c2ccccc2-c2ccc(-c3nc(-n4c5ccccc5c5c6ccccc6c6c7ccccc7sc6c54)nc4c5ccccc5c5ccccc5c34)cc21. The summed E-state index contributed by atoms with van der Waals surface area (Å²) in [7, 11) is 0. The van der Waals surface area contributed by atoms with Gasteiger partial charge in [-0.15, -0.1) is 11.3 Å². The quantitative estimate of drug-likeness (QED) is 0.165. The number of hydrogen-bond donors (Lipinski definition) is 0. The predicted molar refractivity (Wildman–Crippen MR) is 242 cm³/mol. The Balaban J connectivity index is 1.23. The molecule has 57 heavy (non-hydrogen) atoms. The van der Waals surface area contributed by atoms with Gasteiger partial charge in [-0.25, -0.2) is 9.97 Å². The lowest BCUT2D eigenvalue weighted by molar-refractivity contribution is 0.660. The van der Waals surface area contributed by atoms with Crippen LogP contribution in [0, 0.1) is 0 Å². The fourth-order valence-corrected chi connectivity index (χ4v) is 11.5. The second-order valence-electron chi connectivity index (χ2n) is 16.0. The summed E-state index contributed by atoms with van der Waals surface area (Å²) < 4.78 is 4.91. The van der Waals surface area contributed by atoms with Crippen molar-refractivity contribution >= 4 is 96.5 Å². The normalized spacial score (nSPS) is 13.6. The number of benzene rings is 9. The molecule has 0 amide bonds. The van der Waals surface area contributed by atoms with Crippen LogP contribution >= 0.6 is 11.3 Å². The van der Waals surface area contributed by atoms with Crippen LogP contribution in [0.3, 0.4) is 0 Å². The highest BCUT2D eigenvalue weighted by molar-refractivity contribution is 7.27. The van der Waals surface area contributed by atoms with Gasteiger partial charge in [-0.05, 0) is 67.4 Å². The van der Waals surface area contributed by atoms with Crippen molar-refractivity contribution in [1.82, 2.24) is 14.5 Å². The highest BCUT2D eigenvalue weighted by Crippen LogP contribution is 2.51. The molecule has 3 nitrogen and oxygen atoms in total. The van der Waals surface area contributed by atoms with Gasteiger partial charge < -0.3 is 0 Å². The van der Waals surface area contributed by atoms with E-state index in [1.807, 2.05) is 11.3 Å². The lowest BCUT2D eigenvalue weighted by atomic mass is 9.81. The molecular weight excluding hydrogens is 711 g/mol. The van der Waals surface area contributed by atoms with E-state index in [2.05, 4.69) is 182 Å². The molecule has 0 fully saturated rings. The lowest BCUT2D eigenvalue weighted by Crippen LogP contribution is -2.15. The minimum absolute atomic E-state index is 0.150. The average Bonchev–Trinajstić information content (AvgIpc) is 3.90. The first-order valence-electron chi connectivity index (χ1n) is 19.7. The maximum absolute atomic E-state index is 5.79. The minimum Gasteiger partial charge on any atom is -0.276 e. The monoisotopic (exact) mass is 743 g/mol. The summed E-state index contributed by atoms with van der Waals surface area (Å²) in [5, 5.41) is 13.3. The molecule has 12 aromatic rings. The van der Waals surface area contributed by atoms with Crippen molar-refractivity contribution in [3.8, 4) is 28.3 Å².